The average Bonchev–Trinajstić information content (AvgIpc) is 2.89. The Bertz CT molecular complexity index is 563. The van der Waals surface area contributed by atoms with Crippen LogP contribution in [0.1, 0.15) is 176 Å². The summed E-state index contributed by atoms with van der Waals surface area (Å²) in [6, 6.07) is 0. The first kappa shape index (κ1) is 39.0. The average molecular weight is 587 g/mol. The molecule has 0 aliphatic rings. The Kier molecular flexibility index (Phi) is 24.6. The van der Waals surface area contributed by atoms with Crippen molar-refractivity contribution in [2.45, 2.75) is 181 Å². The van der Waals surface area contributed by atoms with Crippen LogP contribution in [0.4, 0.5) is 0 Å². The molecule has 0 aromatic heterocycles. The zero-order chi connectivity index (χ0) is 29.5. The van der Waals surface area contributed by atoms with Crippen molar-refractivity contribution in [2.24, 2.45) is 23.7 Å². The summed E-state index contributed by atoms with van der Waals surface area (Å²) in [6.07, 6.45) is 23.3. The number of hydrogen-bond donors (Lipinski definition) is 3. The highest BCUT2D eigenvalue weighted by Gasteiger charge is 2.43. The lowest BCUT2D eigenvalue weighted by Crippen LogP contribution is -2.46. The molecule has 0 fully saturated rings. The van der Waals surface area contributed by atoms with Crippen LogP contribution in [-0.4, -0.2) is 20.9 Å². The highest BCUT2D eigenvalue weighted by atomic mass is 32.1. The minimum Gasteiger partial charge on any atom is -0.389 e. The Morgan fingerprint density at radius 1 is 0.564 bits per heavy atom. The monoisotopic (exact) mass is 586 g/mol. The van der Waals surface area contributed by atoms with Gasteiger partial charge in [-0.2, -0.15) is 0 Å². The third kappa shape index (κ3) is 18.2. The largest absolute Gasteiger partial charge is 0.389 e. The van der Waals surface area contributed by atoms with Gasteiger partial charge in [-0.25, -0.2) is 0 Å². The molecule has 0 heterocycles. The lowest BCUT2D eigenvalue weighted by atomic mass is 9.68. The fourth-order valence-electron chi connectivity index (χ4n) is 6.71. The topological polar surface area (TPSA) is 54.4 Å². The SMILES string of the molecule is CCCCC(CC)CCCCCC(CC(=O)S)C(O)(CCC)C(CCCCCC(CC)CCCC)CC(=O)S. The van der Waals surface area contributed by atoms with E-state index in [0.29, 0.717) is 6.42 Å². The molecule has 0 spiro atoms. The molecule has 0 saturated carbocycles. The van der Waals surface area contributed by atoms with Crippen LogP contribution in [0.3, 0.4) is 0 Å². The van der Waals surface area contributed by atoms with Gasteiger partial charge in [0.1, 0.15) is 0 Å². The van der Waals surface area contributed by atoms with E-state index in [1.54, 1.807) is 0 Å². The molecule has 5 heteroatoms. The highest BCUT2D eigenvalue weighted by Crippen LogP contribution is 2.41. The Morgan fingerprint density at radius 2 is 0.923 bits per heavy atom. The number of carbonyl (C=O) groups excluding carboxylic acids is 2. The van der Waals surface area contributed by atoms with E-state index < -0.39 is 5.60 Å². The lowest BCUT2D eigenvalue weighted by molar-refractivity contribution is -0.125. The summed E-state index contributed by atoms with van der Waals surface area (Å²) in [5.41, 5.74) is -1.02. The molecule has 0 aromatic rings. The normalized spacial score (nSPS) is 16.4. The number of thiol groups is 2. The van der Waals surface area contributed by atoms with E-state index in [0.717, 1.165) is 56.8 Å². The van der Waals surface area contributed by atoms with Crippen LogP contribution in [0.5, 0.6) is 0 Å². The van der Waals surface area contributed by atoms with Gasteiger partial charge >= 0.3 is 0 Å². The highest BCUT2D eigenvalue weighted by molar-refractivity contribution is 7.96. The van der Waals surface area contributed by atoms with Gasteiger partial charge in [0.05, 0.1) is 5.60 Å². The predicted octanol–water partition coefficient (Wildman–Crippen LogP) is 10.8. The van der Waals surface area contributed by atoms with E-state index in [4.69, 9.17) is 0 Å². The molecule has 0 radical (unpaired) electrons. The first-order chi connectivity index (χ1) is 18.7. The van der Waals surface area contributed by atoms with Gasteiger partial charge < -0.3 is 5.11 Å². The van der Waals surface area contributed by atoms with E-state index in [1.165, 1.54) is 77.0 Å². The second kappa shape index (κ2) is 24.6. The maximum absolute atomic E-state index is 12.2. The van der Waals surface area contributed by atoms with Gasteiger partial charge in [0, 0.05) is 12.8 Å². The van der Waals surface area contributed by atoms with Crippen molar-refractivity contribution in [2.75, 3.05) is 0 Å². The summed E-state index contributed by atoms with van der Waals surface area (Å²) in [5, 5.41) is 11.9. The molecule has 0 rings (SSSR count). The molecular formula is C34H66O3S2. The summed E-state index contributed by atoms with van der Waals surface area (Å²) >= 11 is 8.26. The summed E-state index contributed by atoms with van der Waals surface area (Å²) in [7, 11) is 0. The Hall–Kier alpha value is -0.000000000000000111. The zero-order valence-corrected chi connectivity index (χ0v) is 28.3. The first-order valence-corrected chi connectivity index (χ1v) is 17.7. The molecule has 1 N–H and O–H groups in total. The van der Waals surface area contributed by atoms with Gasteiger partial charge in [-0.1, -0.05) is 144 Å². The third-order valence-corrected chi connectivity index (χ3v) is 9.69. The van der Waals surface area contributed by atoms with Crippen molar-refractivity contribution in [3.8, 4) is 0 Å². The summed E-state index contributed by atoms with van der Waals surface area (Å²) in [4.78, 5) is 24.4. The van der Waals surface area contributed by atoms with Crippen LogP contribution in [0.15, 0.2) is 0 Å². The van der Waals surface area contributed by atoms with Gasteiger partial charge in [-0.3, -0.25) is 9.59 Å². The van der Waals surface area contributed by atoms with Crippen molar-refractivity contribution in [3.05, 3.63) is 0 Å². The van der Waals surface area contributed by atoms with Crippen molar-refractivity contribution < 1.29 is 14.7 Å². The third-order valence-electron chi connectivity index (χ3n) is 9.32. The molecule has 0 bridgehead atoms. The predicted molar refractivity (Wildman–Crippen MR) is 177 cm³/mol. The Labute approximate surface area is 254 Å². The number of rotatable bonds is 28. The van der Waals surface area contributed by atoms with Crippen molar-refractivity contribution in [1.82, 2.24) is 0 Å². The fourth-order valence-corrected chi connectivity index (χ4v) is 7.15. The quantitative estimate of drug-likeness (QED) is 0.0631. The minimum absolute atomic E-state index is 0.152. The zero-order valence-electron chi connectivity index (χ0n) is 26.5. The van der Waals surface area contributed by atoms with Crippen LogP contribution >= 0.6 is 25.3 Å². The maximum Gasteiger partial charge on any atom is 0.186 e. The molecule has 0 saturated heterocycles. The number of unbranched alkanes of at least 4 members (excludes halogenated alkanes) is 6. The Balaban J connectivity index is 5.24. The van der Waals surface area contributed by atoms with Crippen molar-refractivity contribution in [3.63, 3.8) is 0 Å². The molecule has 39 heavy (non-hydrogen) atoms. The van der Waals surface area contributed by atoms with Crippen LogP contribution in [0.2, 0.25) is 0 Å². The number of hydrogen-bond acceptors (Lipinski definition) is 3. The van der Waals surface area contributed by atoms with Gasteiger partial charge in [-0.05, 0) is 42.9 Å². The van der Waals surface area contributed by atoms with Gasteiger partial charge in [0.25, 0.3) is 0 Å². The standard InChI is InChI=1S/C34H66O3S2/c1-6-11-19-28(9-4)21-15-13-17-23-30(26-32(35)38)34(37,25-8-3)31(27-33(36)39)24-18-14-16-22-29(10-5)20-12-7-2/h28-31,37H,6-27H2,1-5H3,(H,35,38)(H,36,39). The van der Waals surface area contributed by atoms with E-state index in [1.807, 2.05) is 0 Å². The number of carbonyl (C=O) groups is 2. The van der Waals surface area contributed by atoms with Crippen LogP contribution in [0, 0.1) is 23.7 Å². The molecule has 4 atom stereocenters. The van der Waals surface area contributed by atoms with E-state index in [2.05, 4.69) is 59.9 Å². The van der Waals surface area contributed by atoms with E-state index in [9.17, 15) is 14.7 Å². The summed E-state index contributed by atoms with van der Waals surface area (Å²) in [6.45, 7) is 11.2. The molecule has 3 nitrogen and oxygen atoms in total. The lowest BCUT2D eigenvalue weighted by Gasteiger charge is -2.42. The second-order valence-corrected chi connectivity index (χ2v) is 13.4. The first-order valence-electron chi connectivity index (χ1n) is 16.8. The molecule has 4 unspecified atom stereocenters. The molecule has 0 aliphatic heterocycles. The molecule has 0 aromatic carbocycles. The molecule has 232 valence electrons. The summed E-state index contributed by atoms with van der Waals surface area (Å²) < 4.78 is 0. The van der Waals surface area contributed by atoms with E-state index >= 15 is 0 Å². The van der Waals surface area contributed by atoms with E-state index in [-0.39, 0.29) is 34.9 Å². The smallest absolute Gasteiger partial charge is 0.186 e. The fraction of sp³-hybridized carbons (Fsp3) is 0.941. The number of aliphatic hydroxyl groups is 1. The van der Waals surface area contributed by atoms with Crippen molar-refractivity contribution in [1.29, 1.82) is 0 Å². The minimum atomic E-state index is -1.02. The summed E-state index contributed by atoms with van der Waals surface area (Å²) in [5.74, 6) is 1.34. The maximum atomic E-state index is 12.2. The van der Waals surface area contributed by atoms with Gasteiger partial charge in [0.2, 0.25) is 0 Å². The van der Waals surface area contributed by atoms with Crippen molar-refractivity contribution >= 4 is 35.5 Å². The Morgan fingerprint density at radius 3 is 1.23 bits per heavy atom. The molecular weight excluding hydrogens is 521 g/mol. The van der Waals surface area contributed by atoms with Gasteiger partial charge in [0.15, 0.2) is 10.2 Å². The molecule has 0 amide bonds. The van der Waals surface area contributed by atoms with Gasteiger partial charge in [-0.15, -0.1) is 25.3 Å². The van der Waals surface area contributed by atoms with Crippen LogP contribution < -0.4 is 0 Å². The van der Waals surface area contributed by atoms with Crippen LogP contribution in [-0.2, 0) is 9.59 Å². The second-order valence-electron chi connectivity index (χ2n) is 12.4. The molecule has 0 aliphatic carbocycles. The van der Waals surface area contributed by atoms with Crippen LogP contribution in [0.25, 0.3) is 0 Å².